The first kappa shape index (κ1) is 19.8. The molecule has 0 bridgehead atoms. The van der Waals surface area contributed by atoms with E-state index in [1.807, 2.05) is 48.5 Å². The first-order valence-corrected chi connectivity index (χ1v) is 11.3. The maximum absolute atomic E-state index is 13.2. The molecule has 1 unspecified atom stereocenters. The Morgan fingerprint density at radius 1 is 1.23 bits per heavy atom. The van der Waals surface area contributed by atoms with Gasteiger partial charge in [-0.15, -0.1) is 11.7 Å². The number of carbonyl (C=O) groups excluding carboxylic acids is 1. The van der Waals surface area contributed by atoms with Gasteiger partial charge >= 0.3 is 0 Å². The highest BCUT2D eigenvalue weighted by Crippen LogP contribution is 2.35. The minimum atomic E-state index is -0.539. The van der Waals surface area contributed by atoms with Gasteiger partial charge in [0.1, 0.15) is 5.70 Å². The zero-order valence-electron chi connectivity index (χ0n) is 16.2. The van der Waals surface area contributed by atoms with E-state index in [1.54, 1.807) is 17.3 Å². The average Bonchev–Trinajstić information content (AvgIpc) is 3.27. The number of rotatable bonds is 4. The van der Waals surface area contributed by atoms with Gasteiger partial charge in [-0.25, -0.2) is 5.01 Å². The average molecular weight is 493 g/mol. The maximum Gasteiger partial charge on any atom is 0.276 e. The van der Waals surface area contributed by atoms with Crippen molar-refractivity contribution in [2.45, 2.75) is 6.17 Å². The van der Waals surface area contributed by atoms with Crippen molar-refractivity contribution in [3.8, 4) is 11.3 Å². The van der Waals surface area contributed by atoms with Gasteiger partial charge < -0.3 is 0 Å². The molecule has 2 aromatic carbocycles. The fourth-order valence-electron chi connectivity index (χ4n) is 3.58. The number of fused-ring (bicyclic) bond motifs is 2. The van der Waals surface area contributed by atoms with Crippen LogP contribution in [0.3, 0.4) is 0 Å². The standard InChI is InChI=1S/C22H17BrN6OS/c1-2-10-31-22-26-21(30)19-15-11-14(23)8-9-17(15)25-20(29(19)28-22)16-12-24-27-18(16)13-6-4-3-5-7-13/h2-9,11-12,20H,1,10H2,(H,24,27)(H,26,28,30). The third kappa shape index (κ3) is 3.60. The van der Waals surface area contributed by atoms with E-state index in [-0.39, 0.29) is 5.91 Å². The number of hydrogen-bond acceptors (Lipinski definition) is 6. The molecule has 2 N–H and O–H groups in total. The summed E-state index contributed by atoms with van der Waals surface area (Å²) in [5.74, 6) is 0.415. The van der Waals surface area contributed by atoms with Crippen molar-refractivity contribution in [1.82, 2.24) is 20.5 Å². The Kier molecular flexibility index (Phi) is 5.21. The van der Waals surface area contributed by atoms with Crippen LogP contribution in [0.1, 0.15) is 11.7 Å². The monoisotopic (exact) mass is 492 g/mol. The van der Waals surface area contributed by atoms with Gasteiger partial charge in [0.15, 0.2) is 11.3 Å². The van der Waals surface area contributed by atoms with Gasteiger partial charge in [-0.1, -0.05) is 64.1 Å². The van der Waals surface area contributed by atoms with E-state index in [9.17, 15) is 4.79 Å². The number of aromatic amines is 1. The van der Waals surface area contributed by atoms with Crippen LogP contribution in [-0.4, -0.2) is 32.0 Å². The molecule has 0 aliphatic carbocycles. The van der Waals surface area contributed by atoms with Crippen molar-refractivity contribution in [1.29, 1.82) is 0 Å². The summed E-state index contributed by atoms with van der Waals surface area (Å²) in [5, 5.41) is 18.6. The SMILES string of the molecule is C=CCSC1=NN2C(=c3cc(Br)ccc3=NC2c2cn[nH]c2-c2ccccc2)C(=O)N1. The molecule has 31 heavy (non-hydrogen) atoms. The molecule has 1 amide bonds. The van der Waals surface area contributed by atoms with Gasteiger partial charge in [0.05, 0.1) is 17.2 Å². The minimum absolute atomic E-state index is 0.217. The summed E-state index contributed by atoms with van der Waals surface area (Å²) in [4.78, 5) is 18.1. The molecule has 1 aromatic heterocycles. The van der Waals surface area contributed by atoms with Gasteiger partial charge in [0.25, 0.3) is 5.91 Å². The quantitative estimate of drug-likeness (QED) is 0.548. The number of amides is 1. The van der Waals surface area contributed by atoms with E-state index in [2.05, 4.69) is 38.0 Å². The Labute approximate surface area is 190 Å². The molecule has 9 heteroatoms. The molecule has 3 aromatic rings. The van der Waals surface area contributed by atoms with E-state index >= 15 is 0 Å². The van der Waals surface area contributed by atoms with Gasteiger partial charge in [-0.3, -0.25) is 20.2 Å². The molecular formula is C22H17BrN6OS. The predicted molar refractivity (Wildman–Crippen MR) is 125 cm³/mol. The number of thioether (sulfide) groups is 1. The van der Waals surface area contributed by atoms with E-state index in [1.165, 1.54) is 11.8 Å². The molecular weight excluding hydrogens is 476 g/mol. The Bertz CT molecular complexity index is 1330. The van der Waals surface area contributed by atoms with E-state index in [0.29, 0.717) is 16.6 Å². The highest BCUT2D eigenvalue weighted by Gasteiger charge is 2.36. The molecule has 0 radical (unpaired) electrons. The number of carbonyl (C=O) groups is 1. The highest BCUT2D eigenvalue weighted by atomic mass is 79.9. The number of H-pyrrole nitrogens is 1. The van der Waals surface area contributed by atoms with Gasteiger partial charge in [0.2, 0.25) is 0 Å². The molecule has 0 fully saturated rings. The molecule has 2 aliphatic rings. The first-order valence-electron chi connectivity index (χ1n) is 9.55. The summed E-state index contributed by atoms with van der Waals surface area (Å²) in [6.45, 7) is 3.74. The van der Waals surface area contributed by atoms with Crippen molar-refractivity contribution in [3.63, 3.8) is 0 Å². The Morgan fingerprint density at radius 2 is 2.06 bits per heavy atom. The van der Waals surface area contributed by atoms with Crippen LogP contribution in [0.5, 0.6) is 0 Å². The maximum atomic E-state index is 13.2. The van der Waals surface area contributed by atoms with Gasteiger partial charge in [-0.2, -0.15) is 5.10 Å². The summed E-state index contributed by atoms with van der Waals surface area (Å²) >= 11 is 4.91. The van der Waals surface area contributed by atoms with Crippen molar-refractivity contribution in [2.24, 2.45) is 10.1 Å². The van der Waals surface area contributed by atoms with Crippen LogP contribution in [0.4, 0.5) is 0 Å². The number of hydrazone groups is 1. The minimum Gasteiger partial charge on any atom is -0.298 e. The van der Waals surface area contributed by atoms with Gasteiger partial charge in [-0.05, 0) is 23.8 Å². The second-order valence-electron chi connectivity index (χ2n) is 6.88. The number of aromatic nitrogens is 2. The molecule has 0 saturated heterocycles. The Hall–Kier alpha value is -3.17. The fraction of sp³-hybridized carbons (Fsp3) is 0.0909. The van der Waals surface area contributed by atoms with Crippen molar-refractivity contribution in [2.75, 3.05) is 5.75 Å². The first-order chi connectivity index (χ1) is 15.2. The van der Waals surface area contributed by atoms with Crippen LogP contribution >= 0.6 is 27.7 Å². The van der Waals surface area contributed by atoms with Crippen molar-refractivity contribution in [3.05, 3.63) is 88.0 Å². The summed E-state index contributed by atoms with van der Waals surface area (Å²) < 4.78 is 0.865. The Morgan fingerprint density at radius 3 is 2.87 bits per heavy atom. The van der Waals surface area contributed by atoms with Crippen LogP contribution in [0, 0.1) is 0 Å². The third-order valence-electron chi connectivity index (χ3n) is 4.92. The van der Waals surface area contributed by atoms with Gasteiger partial charge in [0, 0.05) is 21.0 Å². The van der Waals surface area contributed by atoms with Crippen LogP contribution < -0.4 is 15.9 Å². The van der Waals surface area contributed by atoms with E-state index in [0.717, 1.165) is 31.9 Å². The van der Waals surface area contributed by atoms with Crippen LogP contribution in [0.2, 0.25) is 0 Å². The Balaban J connectivity index is 1.72. The lowest BCUT2D eigenvalue weighted by atomic mass is 10.0. The molecule has 1 atom stereocenters. The molecule has 7 nitrogen and oxygen atoms in total. The zero-order valence-corrected chi connectivity index (χ0v) is 18.7. The largest absolute Gasteiger partial charge is 0.298 e. The summed E-state index contributed by atoms with van der Waals surface area (Å²) in [7, 11) is 0. The van der Waals surface area contributed by atoms with Crippen LogP contribution in [0.15, 0.2) is 81.9 Å². The number of amidine groups is 1. The second kappa shape index (κ2) is 8.16. The summed E-state index contributed by atoms with van der Waals surface area (Å²) in [6, 6.07) is 15.6. The molecule has 3 heterocycles. The molecule has 154 valence electrons. The second-order valence-corrected chi connectivity index (χ2v) is 8.81. The molecule has 2 aliphatic heterocycles. The summed E-state index contributed by atoms with van der Waals surface area (Å²) in [6.07, 6.45) is 2.98. The lowest BCUT2D eigenvalue weighted by Crippen LogP contribution is -2.50. The number of nitrogens with one attached hydrogen (secondary N) is 2. The van der Waals surface area contributed by atoms with E-state index < -0.39 is 6.17 Å². The normalized spacial score (nSPS) is 17.3. The number of benzene rings is 2. The molecule has 5 rings (SSSR count). The highest BCUT2D eigenvalue weighted by molar-refractivity contribution is 9.10. The molecule has 0 spiro atoms. The van der Waals surface area contributed by atoms with Crippen LogP contribution in [0.25, 0.3) is 17.0 Å². The van der Waals surface area contributed by atoms with Crippen molar-refractivity contribution >= 4 is 44.5 Å². The van der Waals surface area contributed by atoms with Crippen LogP contribution in [-0.2, 0) is 4.79 Å². The zero-order chi connectivity index (χ0) is 21.4. The third-order valence-corrected chi connectivity index (χ3v) is 6.27. The smallest absolute Gasteiger partial charge is 0.276 e. The summed E-state index contributed by atoms with van der Waals surface area (Å²) in [5.41, 5.74) is 3.12. The lowest BCUT2D eigenvalue weighted by Gasteiger charge is -2.33. The topological polar surface area (TPSA) is 85.7 Å². The number of halogens is 1. The van der Waals surface area contributed by atoms with E-state index in [4.69, 9.17) is 10.1 Å². The number of nitrogens with zero attached hydrogens (tertiary/aromatic N) is 4. The number of hydrogen-bond donors (Lipinski definition) is 2. The predicted octanol–water partition coefficient (Wildman–Crippen LogP) is 2.90. The fourth-order valence-corrected chi connectivity index (χ4v) is 4.53. The molecule has 0 saturated carbocycles. The lowest BCUT2D eigenvalue weighted by molar-refractivity contribution is -0.116. The van der Waals surface area contributed by atoms with Crippen molar-refractivity contribution < 1.29 is 4.79 Å².